The van der Waals surface area contributed by atoms with Gasteiger partial charge in [0.2, 0.25) is 0 Å². The Morgan fingerprint density at radius 1 is 1.09 bits per heavy atom. The lowest BCUT2D eigenvalue weighted by Crippen LogP contribution is -2.58. The highest BCUT2D eigenvalue weighted by molar-refractivity contribution is 7.90. The lowest BCUT2D eigenvalue weighted by atomic mass is 9.93. The van der Waals surface area contributed by atoms with Gasteiger partial charge < -0.3 is 10.1 Å². The topological polar surface area (TPSA) is 87.7 Å². The third kappa shape index (κ3) is 5.68. The summed E-state index contributed by atoms with van der Waals surface area (Å²) >= 11 is 6.04. The first-order chi connectivity index (χ1) is 16.2. The van der Waals surface area contributed by atoms with Crippen molar-refractivity contribution >= 4 is 27.5 Å². The van der Waals surface area contributed by atoms with Crippen LogP contribution in [0.15, 0.2) is 47.4 Å². The zero-order valence-electron chi connectivity index (χ0n) is 18.3. The first kappa shape index (κ1) is 24.8. The number of piperidine rings is 2. The number of benzene rings is 2. The summed E-state index contributed by atoms with van der Waals surface area (Å²) in [6.45, 7) is 2.12. The molecule has 2 unspecified atom stereocenters. The Hall–Kier alpha value is -2.27. The fourth-order valence-corrected chi connectivity index (χ4v) is 6.09. The maximum Gasteiger partial charge on any atom is 0.265 e. The summed E-state index contributed by atoms with van der Waals surface area (Å²) in [6.07, 6.45) is 1.95. The molecule has 2 atom stereocenters. The van der Waals surface area contributed by atoms with Gasteiger partial charge in [0, 0.05) is 25.1 Å². The summed E-state index contributed by atoms with van der Waals surface area (Å²) < 4.78 is 60.7. The van der Waals surface area contributed by atoms with Crippen LogP contribution in [0.25, 0.3) is 0 Å². The molecule has 0 spiro atoms. The molecule has 0 aromatic heterocycles. The van der Waals surface area contributed by atoms with E-state index in [1.165, 1.54) is 24.3 Å². The summed E-state index contributed by atoms with van der Waals surface area (Å²) in [7, 11) is -4.18. The molecule has 2 saturated heterocycles. The van der Waals surface area contributed by atoms with Crippen molar-refractivity contribution in [2.45, 2.75) is 48.8 Å². The molecular formula is C23H26ClF2N3O4S. The smallest absolute Gasteiger partial charge is 0.265 e. The maximum absolute atomic E-state index is 13.6. The number of halogens is 3. The third-order valence-corrected chi connectivity index (χ3v) is 8.08. The van der Waals surface area contributed by atoms with E-state index in [9.17, 15) is 22.0 Å². The molecule has 1 amide bonds. The molecule has 2 aliphatic rings. The molecule has 0 aliphatic carbocycles. The summed E-state index contributed by atoms with van der Waals surface area (Å²) in [5.41, 5.74) is 0. The predicted octanol–water partition coefficient (Wildman–Crippen LogP) is 3.09. The normalized spacial score (nSPS) is 22.3. The Morgan fingerprint density at radius 2 is 1.82 bits per heavy atom. The highest BCUT2D eigenvalue weighted by Crippen LogP contribution is 2.29. The Balaban J connectivity index is 1.54. The molecule has 11 heteroatoms. The van der Waals surface area contributed by atoms with Crippen LogP contribution in [-0.2, 0) is 14.8 Å². The number of nitrogens with zero attached hydrogens (tertiary/aromatic N) is 1. The van der Waals surface area contributed by atoms with Gasteiger partial charge in [0.15, 0.2) is 11.6 Å². The van der Waals surface area contributed by atoms with Crippen molar-refractivity contribution in [3.05, 3.63) is 59.1 Å². The molecule has 4 rings (SSSR count). The van der Waals surface area contributed by atoms with Crippen molar-refractivity contribution in [3.63, 3.8) is 0 Å². The van der Waals surface area contributed by atoms with Crippen LogP contribution in [0.3, 0.4) is 0 Å². The largest absolute Gasteiger partial charge is 0.490 e. The van der Waals surface area contributed by atoms with E-state index in [2.05, 4.69) is 10.0 Å². The van der Waals surface area contributed by atoms with Gasteiger partial charge in [0.25, 0.3) is 15.9 Å². The number of hydrogen-bond acceptors (Lipinski definition) is 6. The van der Waals surface area contributed by atoms with Crippen molar-refractivity contribution in [2.75, 3.05) is 19.6 Å². The average Bonchev–Trinajstić information content (AvgIpc) is 2.82. The van der Waals surface area contributed by atoms with Crippen LogP contribution in [0.1, 0.15) is 25.7 Å². The van der Waals surface area contributed by atoms with Gasteiger partial charge in [0.05, 0.1) is 11.1 Å². The third-order valence-electron chi connectivity index (χ3n) is 6.23. The lowest BCUT2D eigenvalue weighted by molar-refractivity contribution is -0.129. The zero-order chi connectivity index (χ0) is 24.3. The Bertz CT molecular complexity index is 1140. The van der Waals surface area contributed by atoms with Gasteiger partial charge in [0.1, 0.15) is 16.7 Å². The van der Waals surface area contributed by atoms with Crippen LogP contribution in [0.2, 0.25) is 5.02 Å². The van der Waals surface area contributed by atoms with Crippen LogP contribution in [0.5, 0.6) is 5.75 Å². The molecule has 0 radical (unpaired) electrons. The number of amides is 1. The van der Waals surface area contributed by atoms with E-state index in [0.717, 1.165) is 38.1 Å². The Kier molecular flexibility index (Phi) is 7.71. The molecule has 34 heavy (non-hydrogen) atoms. The number of rotatable bonds is 6. The molecule has 2 aromatic rings. The summed E-state index contributed by atoms with van der Waals surface area (Å²) in [6, 6.07) is 8.51. The number of nitrogens with one attached hydrogen (secondary N) is 2. The quantitative estimate of drug-likeness (QED) is 0.617. The van der Waals surface area contributed by atoms with Crippen LogP contribution < -0.4 is 14.8 Å². The molecule has 7 nitrogen and oxygen atoms in total. The summed E-state index contributed by atoms with van der Waals surface area (Å²) in [4.78, 5) is 15.1. The van der Waals surface area contributed by atoms with Gasteiger partial charge in [-0.1, -0.05) is 23.7 Å². The molecular weight excluding hydrogens is 488 g/mol. The summed E-state index contributed by atoms with van der Waals surface area (Å²) in [5.74, 6) is -2.51. The molecule has 2 aromatic carbocycles. The minimum absolute atomic E-state index is 0.0150. The number of carbonyl (C=O) groups is 1. The number of sulfonamides is 1. The van der Waals surface area contributed by atoms with Crippen LogP contribution in [-0.4, -0.2) is 57.0 Å². The molecule has 2 heterocycles. The second kappa shape index (κ2) is 10.6. The van der Waals surface area contributed by atoms with Gasteiger partial charge in [-0.05, 0) is 56.6 Å². The van der Waals surface area contributed by atoms with E-state index in [0.29, 0.717) is 13.0 Å². The van der Waals surface area contributed by atoms with Crippen LogP contribution in [0.4, 0.5) is 8.78 Å². The monoisotopic (exact) mass is 513 g/mol. The van der Waals surface area contributed by atoms with E-state index >= 15 is 0 Å². The molecule has 0 bridgehead atoms. The maximum atomic E-state index is 13.6. The average molecular weight is 514 g/mol. The van der Waals surface area contributed by atoms with Crippen molar-refractivity contribution in [1.82, 2.24) is 14.9 Å². The molecule has 0 saturated carbocycles. The minimum atomic E-state index is -4.18. The van der Waals surface area contributed by atoms with Gasteiger partial charge in [-0.3, -0.25) is 9.69 Å². The molecule has 2 aliphatic heterocycles. The van der Waals surface area contributed by atoms with Gasteiger partial charge in [-0.15, -0.1) is 0 Å². The fraction of sp³-hybridized carbons (Fsp3) is 0.435. The summed E-state index contributed by atoms with van der Waals surface area (Å²) in [5, 5.41) is 3.30. The number of hydrogen-bond donors (Lipinski definition) is 2. The Labute approximate surface area is 202 Å². The van der Waals surface area contributed by atoms with E-state index < -0.39 is 39.7 Å². The number of carbonyl (C=O) groups excluding carboxylic acids is 1. The van der Waals surface area contributed by atoms with Gasteiger partial charge in [-0.25, -0.2) is 21.9 Å². The van der Waals surface area contributed by atoms with Crippen LogP contribution >= 0.6 is 11.6 Å². The van der Waals surface area contributed by atoms with Crippen molar-refractivity contribution in [1.29, 1.82) is 0 Å². The first-order valence-electron chi connectivity index (χ1n) is 11.1. The number of likely N-dealkylation sites (tertiary alicyclic amines) is 1. The predicted molar refractivity (Wildman–Crippen MR) is 123 cm³/mol. The van der Waals surface area contributed by atoms with Crippen molar-refractivity contribution < 1.29 is 26.7 Å². The van der Waals surface area contributed by atoms with E-state index in [1.54, 1.807) is 6.07 Å². The van der Waals surface area contributed by atoms with E-state index in [4.69, 9.17) is 16.3 Å². The second-order valence-corrected chi connectivity index (χ2v) is 10.5. The second-order valence-electron chi connectivity index (χ2n) is 8.48. The van der Waals surface area contributed by atoms with Crippen molar-refractivity contribution in [2.24, 2.45) is 0 Å². The molecule has 2 N–H and O–H groups in total. The first-order valence-corrected chi connectivity index (χ1v) is 13.0. The van der Waals surface area contributed by atoms with E-state index in [-0.39, 0.29) is 28.1 Å². The minimum Gasteiger partial charge on any atom is -0.490 e. The standard InChI is InChI=1S/C23H26ClF2N3O4S/c24-18-3-1-2-4-22(18)34(31,32)28-23(30)21-14-17(33-16-5-6-19(25)20(26)13-16)9-12-29(21)15-7-10-27-11-8-15/h1-6,13,15,17,21,27H,7-12,14H2,(H,28,30). The van der Waals surface area contributed by atoms with Crippen molar-refractivity contribution in [3.8, 4) is 5.75 Å². The fourth-order valence-electron chi connectivity index (χ4n) is 4.55. The zero-order valence-corrected chi connectivity index (χ0v) is 19.9. The Morgan fingerprint density at radius 3 is 2.53 bits per heavy atom. The molecule has 184 valence electrons. The van der Waals surface area contributed by atoms with E-state index in [1.807, 2.05) is 4.90 Å². The highest BCUT2D eigenvalue weighted by atomic mass is 35.5. The van der Waals surface area contributed by atoms with Gasteiger partial charge >= 0.3 is 0 Å². The lowest BCUT2D eigenvalue weighted by Gasteiger charge is -2.44. The molecule has 2 fully saturated rings. The SMILES string of the molecule is O=C(NS(=O)(=O)c1ccccc1Cl)C1CC(Oc2ccc(F)c(F)c2)CCN1C1CCNCC1. The number of ether oxygens (including phenoxy) is 1. The van der Waals surface area contributed by atoms with Crippen LogP contribution in [0, 0.1) is 11.6 Å². The van der Waals surface area contributed by atoms with Gasteiger partial charge in [-0.2, -0.15) is 0 Å². The highest BCUT2D eigenvalue weighted by Gasteiger charge is 2.40.